The SMILES string of the molecule is CCC(C)(C#N)C(=O)NCC(=O)NC(C)(C)C. The van der Waals surface area contributed by atoms with Crippen molar-refractivity contribution in [2.45, 2.75) is 46.6 Å². The van der Waals surface area contributed by atoms with E-state index in [1.165, 1.54) is 0 Å². The zero-order valence-corrected chi connectivity index (χ0v) is 11.2. The van der Waals surface area contributed by atoms with Crippen LogP contribution in [0, 0.1) is 16.7 Å². The Morgan fingerprint density at radius 1 is 1.24 bits per heavy atom. The van der Waals surface area contributed by atoms with Gasteiger partial charge in [0.1, 0.15) is 5.41 Å². The van der Waals surface area contributed by atoms with Crippen LogP contribution in [0.4, 0.5) is 0 Å². The van der Waals surface area contributed by atoms with Gasteiger partial charge in [-0.25, -0.2) is 0 Å². The fourth-order valence-corrected chi connectivity index (χ4v) is 1.11. The van der Waals surface area contributed by atoms with Gasteiger partial charge in [0.2, 0.25) is 11.8 Å². The molecule has 5 nitrogen and oxygen atoms in total. The molecule has 0 aromatic rings. The molecule has 17 heavy (non-hydrogen) atoms. The molecule has 0 radical (unpaired) electrons. The molecule has 0 fully saturated rings. The fraction of sp³-hybridized carbons (Fsp3) is 0.750. The predicted molar refractivity (Wildman–Crippen MR) is 64.9 cm³/mol. The van der Waals surface area contributed by atoms with Crippen molar-refractivity contribution in [2.24, 2.45) is 5.41 Å². The van der Waals surface area contributed by atoms with Crippen molar-refractivity contribution in [2.75, 3.05) is 6.54 Å². The summed E-state index contributed by atoms with van der Waals surface area (Å²) in [6.45, 7) is 8.80. The van der Waals surface area contributed by atoms with Crippen LogP contribution in [0.5, 0.6) is 0 Å². The first-order valence-electron chi connectivity index (χ1n) is 5.65. The summed E-state index contributed by atoms with van der Waals surface area (Å²) < 4.78 is 0. The largest absolute Gasteiger partial charge is 0.350 e. The van der Waals surface area contributed by atoms with Crippen molar-refractivity contribution < 1.29 is 9.59 Å². The van der Waals surface area contributed by atoms with Crippen LogP contribution >= 0.6 is 0 Å². The molecule has 0 saturated heterocycles. The number of nitrogens with zero attached hydrogens (tertiary/aromatic N) is 1. The number of hydrogen-bond acceptors (Lipinski definition) is 3. The summed E-state index contributed by atoms with van der Waals surface area (Å²) in [7, 11) is 0. The van der Waals surface area contributed by atoms with Crippen molar-refractivity contribution >= 4 is 11.8 Å². The van der Waals surface area contributed by atoms with Crippen molar-refractivity contribution in [3.05, 3.63) is 0 Å². The summed E-state index contributed by atoms with van der Waals surface area (Å²) in [4.78, 5) is 23.1. The number of rotatable bonds is 4. The lowest BCUT2D eigenvalue weighted by Gasteiger charge is -2.22. The number of hydrogen-bond donors (Lipinski definition) is 2. The summed E-state index contributed by atoms with van der Waals surface area (Å²) in [5.74, 6) is -0.672. The zero-order valence-electron chi connectivity index (χ0n) is 11.2. The second-order valence-electron chi connectivity index (χ2n) is 5.28. The summed E-state index contributed by atoms with van der Waals surface area (Å²) in [6, 6.07) is 1.96. The maximum atomic E-state index is 11.7. The smallest absolute Gasteiger partial charge is 0.240 e. The Kier molecular flexibility index (Phi) is 5.14. The lowest BCUT2D eigenvalue weighted by atomic mass is 9.88. The molecule has 0 saturated carbocycles. The van der Waals surface area contributed by atoms with Crippen molar-refractivity contribution in [1.82, 2.24) is 10.6 Å². The van der Waals surface area contributed by atoms with E-state index < -0.39 is 11.3 Å². The number of carbonyl (C=O) groups is 2. The Morgan fingerprint density at radius 3 is 2.12 bits per heavy atom. The van der Waals surface area contributed by atoms with E-state index in [4.69, 9.17) is 5.26 Å². The normalized spacial score (nSPS) is 14.4. The molecule has 2 N–H and O–H groups in total. The lowest BCUT2D eigenvalue weighted by molar-refractivity contribution is -0.130. The molecule has 0 aliphatic carbocycles. The summed E-state index contributed by atoms with van der Waals surface area (Å²) in [5, 5.41) is 14.1. The monoisotopic (exact) mass is 239 g/mol. The molecule has 1 unspecified atom stereocenters. The van der Waals surface area contributed by atoms with Crippen LogP contribution < -0.4 is 10.6 Å². The standard InChI is InChI=1S/C12H21N3O2/c1-6-12(5,8-13)10(17)14-7-9(16)15-11(2,3)4/h6-7H2,1-5H3,(H,14,17)(H,15,16). The highest BCUT2D eigenvalue weighted by atomic mass is 16.2. The first kappa shape index (κ1) is 15.4. The summed E-state index contributed by atoms with van der Waals surface area (Å²) in [6.07, 6.45) is 0.413. The van der Waals surface area contributed by atoms with E-state index in [1.807, 2.05) is 26.8 Å². The van der Waals surface area contributed by atoms with Gasteiger partial charge in [0.15, 0.2) is 0 Å². The number of amides is 2. The second kappa shape index (κ2) is 5.67. The minimum absolute atomic E-state index is 0.104. The molecular formula is C12H21N3O2. The van der Waals surface area contributed by atoms with Gasteiger partial charge in [-0.1, -0.05) is 6.92 Å². The van der Waals surface area contributed by atoms with Gasteiger partial charge in [-0.15, -0.1) is 0 Å². The zero-order chi connectivity index (χ0) is 13.7. The van der Waals surface area contributed by atoms with Crippen molar-refractivity contribution in [3.8, 4) is 6.07 Å². The minimum Gasteiger partial charge on any atom is -0.350 e. The third kappa shape index (κ3) is 5.34. The van der Waals surface area contributed by atoms with E-state index in [-0.39, 0.29) is 18.0 Å². The van der Waals surface area contributed by atoms with Crippen LogP contribution in [-0.2, 0) is 9.59 Å². The first-order valence-corrected chi connectivity index (χ1v) is 5.65. The van der Waals surface area contributed by atoms with E-state index >= 15 is 0 Å². The van der Waals surface area contributed by atoms with Gasteiger partial charge >= 0.3 is 0 Å². The molecule has 2 amide bonds. The molecule has 1 atom stereocenters. The molecule has 0 aliphatic rings. The van der Waals surface area contributed by atoms with Gasteiger partial charge in [-0.05, 0) is 34.1 Å². The van der Waals surface area contributed by atoms with E-state index in [0.29, 0.717) is 6.42 Å². The van der Waals surface area contributed by atoms with E-state index in [0.717, 1.165) is 0 Å². The van der Waals surface area contributed by atoms with Gasteiger partial charge < -0.3 is 10.6 Å². The molecule has 0 aromatic carbocycles. The topological polar surface area (TPSA) is 82.0 Å². The van der Waals surface area contributed by atoms with Gasteiger partial charge in [0.25, 0.3) is 0 Å². The van der Waals surface area contributed by atoms with Gasteiger partial charge in [0, 0.05) is 5.54 Å². The van der Waals surface area contributed by atoms with Crippen LogP contribution in [0.1, 0.15) is 41.0 Å². The average Bonchev–Trinajstić information content (AvgIpc) is 2.22. The molecule has 0 rings (SSSR count). The van der Waals surface area contributed by atoms with Crippen molar-refractivity contribution in [1.29, 1.82) is 5.26 Å². The van der Waals surface area contributed by atoms with E-state index in [1.54, 1.807) is 13.8 Å². The third-order valence-electron chi connectivity index (χ3n) is 2.38. The fourth-order valence-electron chi connectivity index (χ4n) is 1.11. The quantitative estimate of drug-likeness (QED) is 0.766. The molecule has 0 aliphatic heterocycles. The second-order valence-corrected chi connectivity index (χ2v) is 5.28. The molecular weight excluding hydrogens is 218 g/mol. The Hall–Kier alpha value is -1.57. The third-order valence-corrected chi connectivity index (χ3v) is 2.38. The number of nitrogens with one attached hydrogen (secondary N) is 2. The van der Waals surface area contributed by atoms with Crippen LogP contribution in [0.25, 0.3) is 0 Å². The van der Waals surface area contributed by atoms with Gasteiger partial charge in [-0.3, -0.25) is 9.59 Å². The lowest BCUT2D eigenvalue weighted by Crippen LogP contribution is -2.48. The highest BCUT2D eigenvalue weighted by Crippen LogP contribution is 2.19. The van der Waals surface area contributed by atoms with Crippen LogP contribution in [0.2, 0.25) is 0 Å². The van der Waals surface area contributed by atoms with E-state index in [9.17, 15) is 9.59 Å². The minimum atomic E-state index is -1.07. The number of nitriles is 1. The Bertz CT molecular complexity index is 339. The molecule has 0 spiro atoms. The first-order chi connectivity index (χ1) is 7.64. The highest BCUT2D eigenvalue weighted by molar-refractivity contribution is 5.89. The summed E-state index contributed by atoms with van der Waals surface area (Å²) in [5.41, 5.74) is -1.40. The van der Waals surface area contributed by atoms with Crippen LogP contribution in [0.15, 0.2) is 0 Å². The molecule has 0 bridgehead atoms. The molecule has 5 heteroatoms. The van der Waals surface area contributed by atoms with E-state index in [2.05, 4.69) is 10.6 Å². The predicted octanol–water partition coefficient (Wildman–Crippen LogP) is 0.957. The number of carbonyl (C=O) groups excluding carboxylic acids is 2. The van der Waals surface area contributed by atoms with Crippen LogP contribution in [-0.4, -0.2) is 23.9 Å². The molecule has 96 valence electrons. The summed E-state index contributed by atoms with van der Waals surface area (Å²) >= 11 is 0. The Balaban J connectivity index is 4.28. The average molecular weight is 239 g/mol. The maximum Gasteiger partial charge on any atom is 0.240 e. The van der Waals surface area contributed by atoms with Gasteiger partial charge in [0.05, 0.1) is 12.6 Å². The molecule has 0 heterocycles. The van der Waals surface area contributed by atoms with Gasteiger partial charge in [-0.2, -0.15) is 5.26 Å². The van der Waals surface area contributed by atoms with Crippen LogP contribution in [0.3, 0.4) is 0 Å². The highest BCUT2D eigenvalue weighted by Gasteiger charge is 2.31. The molecule has 0 aromatic heterocycles. The maximum absolute atomic E-state index is 11.7. The Labute approximate surface area is 103 Å². The van der Waals surface area contributed by atoms with Crippen molar-refractivity contribution in [3.63, 3.8) is 0 Å². The Morgan fingerprint density at radius 2 is 1.76 bits per heavy atom.